The Morgan fingerprint density at radius 1 is 1.07 bits per heavy atom. The normalized spacial score (nSPS) is 11.0. The number of pyridine rings is 2. The summed E-state index contributed by atoms with van der Waals surface area (Å²) in [6.45, 7) is 2.34. The van der Waals surface area contributed by atoms with Gasteiger partial charge in [-0.2, -0.15) is 0 Å². The molecule has 8 heteroatoms. The average Bonchev–Trinajstić information content (AvgIpc) is 2.68. The molecule has 0 fully saturated rings. The standard InChI is InChI=1S/C19H20N4O3S/c1-14-11-17(7-8-18(14)26-2)27(24,25)23-19-9-6-16(13-22-19)21-12-15-5-3-4-10-20-15/h3-11,13,21H,12H2,1-2H3,(H,22,23). The molecule has 0 saturated carbocycles. The van der Waals surface area contributed by atoms with Gasteiger partial charge in [-0.15, -0.1) is 0 Å². The van der Waals surface area contributed by atoms with Crippen molar-refractivity contribution in [3.63, 3.8) is 0 Å². The highest BCUT2D eigenvalue weighted by Crippen LogP contribution is 2.23. The zero-order chi connectivity index (χ0) is 19.3. The Hall–Kier alpha value is -3.13. The maximum absolute atomic E-state index is 12.5. The summed E-state index contributed by atoms with van der Waals surface area (Å²) in [4.78, 5) is 8.54. The third-order valence-corrected chi connectivity index (χ3v) is 5.23. The van der Waals surface area contributed by atoms with Crippen LogP contribution in [0, 0.1) is 6.92 Å². The van der Waals surface area contributed by atoms with Gasteiger partial charge >= 0.3 is 0 Å². The van der Waals surface area contributed by atoms with Gasteiger partial charge in [-0.05, 0) is 55.0 Å². The number of hydrogen-bond donors (Lipinski definition) is 2. The van der Waals surface area contributed by atoms with Crippen LogP contribution in [0.2, 0.25) is 0 Å². The third-order valence-electron chi connectivity index (χ3n) is 3.88. The van der Waals surface area contributed by atoms with Crippen LogP contribution >= 0.6 is 0 Å². The van der Waals surface area contributed by atoms with Crippen molar-refractivity contribution in [2.75, 3.05) is 17.1 Å². The quantitative estimate of drug-likeness (QED) is 0.650. The molecule has 0 aliphatic heterocycles. The molecule has 0 saturated heterocycles. The first-order chi connectivity index (χ1) is 13.0. The number of anilines is 2. The molecule has 0 unspecified atom stereocenters. The van der Waals surface area contributed by atoms with E-state index >= 15 is 0 Å². The summed E-state index contributed by atoms with van der Waals surface area (Å²) < 4.78 is 32.7. The van der Waals surface area contributed by atoms with Crippen LogP contribution in [0.3, 0.4) is 0 Å². The minimum Gasteiger partial charge on any atom is -0.496 e. The summed E-state index contributed by atoms with van der Waals surface area (Å²) in [5.74, 6) is 0.877. The molecule has 0 aliphatic carbocycles. The molecular formula is C19H20N4O3S. The molecule has 0 bridgehead atoms. The van der Waals surface area contributed by atoms with Gasteiger partial charge in [-0.1, -0.05) is 6.07 Å². The maximum atomic E-state index is 12.5. The lowest BCUT2D eigenvalue weighted by molar-refractivity contribution is 0.411. The number of sulfonamides is 1. The van der Waals surface area contributed by atoms with E-state index in [0.717, 1.165) is 16.9 Å². The Kier molecular flexibility index (Phi) is 5.56. The van der Waals surface area contributed by atoms with E-state index in [1.54, 1.807) is 50.7 Å². The molecule has 0 spiro atoms. The van der Waals surface area contributed by atoms with Gasteiger partial charge in [-0.25, -0.2) is 13.4 Å². The molecule has 0 amide bonds. The first-order valence-electron chi connectivity index (χ1n) is 8.25. The zero-order valence-corrected chi connectivity index (χ0v) is 15.8. The van der Waals surface area contributed by atoms with E-state index < -0.39 is 10.0 Å². The lowest BCUT2D eigenvalue weighted by atomic mass is 10.2. The van der Waals surface area contributed by atoms with Gasteiger partial charge in [0.05, 0.1) is 36.1 Å². The van der Waals surface area contributed by atoms with E-state index in [4.69, 9.17) is 4.74 Å². The number of benzene rings is 1. The molecule has 3 rings (SSSR count). The molecule has 0 atom stereocenters. The molecule has 140 valence electrons. The number of hydrogen-bond acceptors (Lipinski definition) is 6. The Labute approximate surface area is 158 Å². The van der Waals surface area contributed by atoms with Crippen LogP contribution in [0.1, 0.15) is 11.3 Å². The van der Waals surface area contributed by atoms with Crippen LogP contribution in [0.25, 0.3) is 0 Å². The van der Waals surface area contributed by atoms with Gasteiger partial charge in [0.1, 0.15) is 11.6 Å². The lowest BCUT2D eigenvalue weighted by Gasteiger charge is -2.11. The number of rotatable bonds is 7. The Morgan fingerprint density at radius 3 is 2.56 bits per heavy atom. The van der Waals surface area contributed by atoms with Gasteiger partial charge in [0.2, 0.25) is 0 Å². The van der Waals surface area contributed by atoms with E-state index in [2.05, 4.69) is 20.0 Å². The number of aryl methyl sites for hydroxylation is 1. The minimum absolute atomic E-state index is 0.153. The third kappa shape index (κ3) is 4.73. The SMILES string of the molecule is COc1ccc(S(=O)(=O)Nc2ccc(NCc3ccccn3)cn2)cc1C. The average molecular weight is 384 g/mol. The first-order valence-corrected chi connectivity index (χ1v) is 9.73. The van der Waals surface area contributed by atoms with E-state index in [0.29, 0.717) is 12.3 Å². The fourth-order valence-corrected chi connectivity index (χ4v) is 3.56. The van der Waals surface area contributed by atoms with Crippen molar-refractivity contribution in [2.24, 2.45) is 0 Å². The second kappa shape index (κ2) is 8.05. The predicted molar refractivity (Wildman–Crippen MR) is 104 cm³/mol. The second-order valence-corrected chi connectivity index (χ2v) is 7.53. The Balaban J connectivity index is 1.67. The number of aromatic nitrogens is 2. The van der Waals surface area contributed by atoms with Crippen molar-refractivity contribution in [1.82, 2.24) is 9.97 Å². The first kappa shape index (κ1) is 18.7. The molecule has 0 radical (unpaired) electrons. The summed E-state index contributed by atoms with van der Waals surface area (Å²) in [5, 5.41) is 3.19. The fourth-order valence-electron chi connectivity index (χ4n) is 2.47. The summed E-state index contributed by atoms with van der Waals surface area (Å²) in [5.41, 5.74) is 2.41. The van der Waals surface area contributed by atoms with Crippen molar-refractivity contribution in [2.45, 2.75) is 18.4 Å². The molecule has 27 heavy (non-hydrogen) atoms. The van der Waals surface area contributed by atoms with Crippen molar-refractivity contribution in [3.8, 4) is 5.75 Å². The topological polar surface area (TPSA) is 93.2 Å². The largest absolute Gasteiger partial charge is 0.496 e. The zero-order valence-electron chi connectivity index (χ0n) is 15.0. The van der Waals surface area contributed by atoms with Crippen LogP contribution in [0.5, 0.6) is 5.75 Å². The van der Waals surface area contributed by atoms with Crippen molar-refractivity contribution < 1.29 is 13.2 Å². The second-order valence-electron chi connectivity index (χ2n) is 5.84. The van der Waals surface area contributed by atoms with Crippen molar-refractivity contribution in [3.05, 3.63) is 72.2 Å². The van der Waals surface area contributed by atoms with Gasteiger partial charge in [0.25, 0.3) is 10.0 Å². The van der Waals surface area contributed by atoms with Crippen molar-refractivity contribution in [1.29, 1.82) is 0 Å². The number of ether oxygens (including phenoxy) is 1. The van der Waals surface area contributed by atoms with E-state index in [1.165, 1.54) is 6.07 Å². The highest BCUT2D eigenvalue weighted by atomic mass is 32.2. The summed E-state index contributed by atoms with van der Waals surface area (Å²) in [6, 6.07) is 13.7. The lowest BCUT2D eigenvalue weighted by Crippen LogP contribution is -2.14. The summed E-state index contributed by atoms with van der Waals surface area (Å²) >= 11 is 0. The summed E-state index contributed by atoms with van der Waals surface area (Å²) in [6.07, 6.45) is 3.30. The minimum atomic E-state index is -3.73. The maximum Gasteiger partial charge on any atom is 0.263 e. The number of methoxy groups -OCH3 is 1. The van der Waals surface area contributed by atoms with Crippen LogP contribution in [-0.2, 0) is 16.6 Å². The van der Waals surface area contributed by atoms with Gasteiger partial charge in [-0.3, -0.25) is 9.71 Å². The van der Waals surface area contributed by atoms with Crippen molar-refractivity contribution >= 4 is 21.5 Å². The highest BCUT2D eigenvalue weighted by Gasteiger charge is 2.16. The Bertz CT molecular complexity index is 1010. The Morgan fingerprint density at radius 2 is 1.93 bits per heavy atom. The molecule has 0 aliphatic rings. The van der Waals surface area contributed by atoms with Gasteiger partial charge in [0, 0.05) is 6.20 Å². The monoisotopic (exact) mass is 384 g/mol. The highest BCUT2D eigenvalue weighted by molar-refractivity contribution is 7.92. The molecule has 2 N–H and O–H groups in total. The molecule has 3 aromatic rings. The van der Waals surface area contributed by atoms with Crippen LogP contribution in [0.4, 0.5) is 11.5 Å². The van der Waals surface area contributed by atoms with Crippen LogP contribution in [-0.4, -0.2) is 25.5 Å². The number of nitrogens with one attached hydrogen (secondary N) is 2. The molecular weight excluding hydrogens is 364 g/mol. The fraction of sp³-hybridized carbons (Fsp3) is 0.158. The molecule has 7 nitrogen and oxygen atoms in total. The smallest absolute Gasteiger partial charge is 0.263 e. The van der Waals surface area contributed by atoms with E-state index in [9.17, 15) is 8.42 Å². The predicted octanol–water partition coefficient (Wildman–Crippen LogP) is 3.21. The van der Waals surface area contributed by atoms with Gasteiger partial charge < -0.3 is 10.1 Å². The summed E-state index contributed by atoms with van der Waals surface area (Å²) in [7, 11) is -2.18. The molecule has 1 aromatic carbocycles. The van der Waals surface area contributed by atoms with E-state index in [-0.39, 0.29) is 10.7 Å². The van der Waals surface area contributed by atoms with E-state index in [1.807, 2.05) is 18.2 Å². The van der Waals surface area contributed by atoms with Crippen LogP contribution < -0.4 is 14.8 Å². The number of nitrogens with zero attached hydrogens (tertiary/aromatic N) is 2. The van der Waals surface area contributed by atoms with Gasteiger partial charge in [0.15, 0.2) is 0 Å². The van der Waals surface area contributed by atoms with Crippen LogP contribution in [0.15, 0.2) is 65.8 Å². The molecule has 2 aromatic heterocycles. The molecule has 2 heterocycles.